The molecule has 0 spiro atoms. The summed E-state index contributed by atoms with van der Waals surface area (Å²) in [6.45, 7) is 6.78. The van der Waals surface area contributed by atoms with Gasteiger partial charge in [0.05, 0.1) is 18.0 Å². The fourth-order valence-corrected chi connectivity index (χ4v) is 6.63. The molecule has 5 N–H and O–H groups in total. The van der Waals surface area contributed by atoms with Crippen molar-refractivity contribution < 1.29 is 42.5 Å². The number of aromatic hydroxyl groups is 2. The molecule has 2 saturated heterocycles. The fraction of sp³-hybridized carbons (Fsp3) is 0.514. The molecule has 51 heavy (non-hydrogen) atoms. The Morgan fingerprint density at radius 1 is 0.961 bits per heavy atom. The summed E-state index contributed by atoms with van der Waals surface area (Å²) < 4.78 is 44.9. The van der Waals surface area contributed by atoms with Crippen molar-refractivity contribution >= 4 is 17.8 Å². The second-order valence-corrected chi connectivity index (χ2v) is 13.5. The smallest absolute Gasteiger partial charge is 0.405 e. The highest BCUT2D eigenvalue weighted by molar-refractivity contribution is 5.92. The van der Waals surface area contributed by atoms with Crippen LogP contribution in [0.1, 0.15) is 67.2 Å². The zero-order valence-corrected chi connectivity index (χ0v) is 28.7. The van der Waals surface area contributed by atoms with Crippen LogP contribution in [0.5, 0.6) is 11.5 Å². The lowest BCUT2D eigenvalue weighted by atomic mass is 9.92. The molecule has 2 fully saturated rings. The van der Waals surface area contributed by atoms with Crippen LogP contribution in [0.15, 0.2) is 36.4 Å². The van der Waals surface area contributed by atoms with Gasteiger partial charge in [0, 0.05) is 24.8 Å². The van der Waals surface area contributed by atoms with Crippen molar-refractivity contribution in [2.75, 3.05) is 45.8 Å². The maximum Gasteiger partial charge on any atom is 0.405 e. The van der Waals surface area contributed by atoms with E-state index < -0.39 is 36.4 Å². The first-order valence-electron chi connectivity index (χ1n) is 17.1. The first-order valence-corrected chi connectivity index (χ1v) is 17.1. The van der Waals surface area contributed by atoms with E-state index in [0.717, 1.165) is 57.2 Å². The summed E-state index contributed by atoms with van der Waals surface area (Å²) in [5, 5.41) is 31.0. The minimum atomic E-state index is -4.64. The number of nitrogens with two attached hydrogens (primary N) is 1. The van der Waals surface area contributed by atoms with Gasteiger partial charge in [0.25, 0.3) is 5.91 Å². The van der Waals surface area contributed by atoms with Gasteiger partial charge in [-0.25, -0.2) is 0 Å². The van der Waals surface area contributed by atoms with E-state index in [0.29, 0.717) is 36.6 Å². The van der Waals surface area contributed by atoms with Crippen LogP contribution in [-0.2, 0) is 20.9 Å². The number of amides is 1. The lowest BCUT2D eigenvalue weighted by molar-refractivity contribution is -0.162. The number of halogens is 3. The molecule has 0 bridgehead atoms. The highest BCUT2D eigenvalue weighted by Crippen LogP contribution is 2.38. The summed E-state index contributed by atoms with van der Waals surface area (Å²) in [6.07, 6.45) is -1.31. The Hall–Kier alpha value is -4.54. The first-order chi connectivity index (χ1) is 24.2. The van der Waals surface area contributed by atoms with Gasteiger partial charge in [0.15, 0.2) is 5.82 Å². The Labute approximate surface area is 293 Å². The molecular weight excluding hydrogens is 671 g/mol. The van der Waals surface area contributed by atoms with Crippen molar-refractivity contribution in [1.29, 1.82) is 0 Å². The molecule has 1 amide bonds. The number of ether oxygens (including phenoxy) is 1. The lowest BCUT2D eigenvalue weighted by Crippen LogP contribution is -2.42. The predicted octanol–water partition coefficient (Wildman–Crippen LogP) is 3.71. The second kappa shape index (κ2) is 16.2. The number of benzene rings is 2. The molecule has 2 aliphatic rings. The molecule has 276 valence electrons. The number of carbonyl (C=O) groups is 3. The molecule has 0 atom stereocenters. The Bertz CT molecular complexity index is 1700. The zero-order valence-electron chi connectivity index (χ0n) is 28.7. The van der Waals surface area contributed by atoms with Crippen LogP contribution in [-0.4, -0.2) is 105 Å². The Morgan fingerprint density at radius 2 is 1.61 bits per heavy atom. The third-order valence-corrected chi connectivity index (χ3v) is 9.45. The predicted molar refractivity (Wildman–Crippen MR) is 180 cm³/mol. The topological polar surface area (TPSA) is 176 Å². The molecule has 13 nitrogen and oxygen atoms in total. The van der Waals surface area contributed by atoms with Gasteiger partial charge in [-0.2, -0.15) is 13.2 Å². The number of alkyl halides is 3. The molecule has 2 aliphatic heterocycles. The molecular formula is C35H44F3N7O6. The summed E-state index contributed by atoms with van der Waals surface area (Å²) in [5.41, 5.74) is 7.28. The molecule has 3 heterocycles. The molecule has 5 rings (SSSR count). The van der Waals surface area contributed by atoms with E-state index in [-0.39, 0.29) is 41.3 Å². The number of phenols is 2. The average molecular weight is 716 g/mol. The maximum atomic E-state index is 12.9. The van der Waals surface area contributed by atoms with Gasteiger partial charge >= 0.3 is 18.1 Å². The summed E-state index contributed by atoms with van der Waals surface area (Å²) in [5.74, 6) is -3.02. The molecule has 1 aromatic heterocycles. The van der Waals surface area contributed by atoms with Crippen molar-refractivity contribution in [2.45, 2.75) is 58.2 Å². The van der Waals surface area contributed by atoms with Crippen LogP contribution in [0, 0.1) is 11.8 Å². The number of rotatable bonds is 11. The van der Waals surface area contributed by atoms with Crippen LogP contribution in [0.25, 0.3) is 17.1 Å². The number of nitrogens with zero attached hydrogens (tertiary/aromatic N) is 5. The van der Waals surface area contributed by atoms with Crippen LogP contribution >= 0.6 is 0 Å². The molecule has 0 radical (unpaired) electrons. The van der Waals surface area contributed by atoms with Crippen LogP contribution in [0.3, 0.4) is 0 Å². The number of piperidine rings is 2. The van der Waals surface area contributed by atoms with Crippen molar-refractivity contribution in [3.05, 3.63) is 53.3 Å². The Kier molecular flexibility index (Phi) is 12.0. The van der Waals surface area contributed by atoms with E-state index in [2.05, 4.69) is 20.0 Å². The Balaban J connectivity index is 1.23. The van der Waals surface area contributed by atoms with Gasteiger partial charge in [-0.1, -0.05) is 26.0 Å². The highest BCUT2D eigenvalue weighted by Gasteiger charge is 2.32. The maximum absolute atomic E-state index is 12.9. The molecule has 0 unspecified atom stereocenters. The standard InChI is InChI=1S/C35H44F3N7O6/c1-21(2)26-15-27(29(47)16-28(26)46)31-41-42-32(33(49)40-20-35(36,37)38)45(31)25-5-3-22(4-6-25)18-43-11-7-23(8-12-43)19-44-13-9-24(10-14-44)34(50)51-30(48)17-39/h3-6,15-16,21,23-24,46-47H,7-14,17-20,39H2,1-2H3,(H,40,49). The van der Waals surface area contributed by atoms with E-state index >= 15 is 0 Å². The van der Waals surface area contributed by atoms with E-state index in [9.17, 15) is 37.8 Å². The van der Waals surface area contributed by atoms with Crippen molar-refractivity contribution in [2.24, 2.45) is 17.6 Å². The summed E-state index contributed by atoms with van der Waals surface area (Å²) in [4.78, 5) is 41.1. The monoisotopic (exact) mass is 715 g/mol. The fourth-order valence-electron chi connectivity index (χ4n) is 6.63. The zero-order chi connectivity index (χ0) is 36.9. The van der Waals surface area contributed by atoms with Gasteiger partial charge in [-0.3, -0.25) is 23.9 Å². The third kappa shape index (κ3) is 9.62. The van der Waals surface area contributed by atoms with Gasteiger partial charge in [-0.15, -0.1) is 10.2 Å². The van der Waals surface area contributed by atoms with Crippen LogP contribution < -0.4 is 11.1 Å². The lowest BCUT2D eigenvalue weighted by Gasteiger charge is -2.37. The number of carbonyl (C=O) groups excluding carboxylic acids is 3. The van der Waals surface area contributed by atoms with Gasteiger partial charge < -0.3 is 30.9 Å². The number of nitrogens with one attached hydrogen (secondary N) is 1. The second-order valence-electron chi connectivity index (χ2n) is 13.5. The van der Waals surface area contributed by atoms with E-state index in [4.69, 9.17) is 10.5 Å². The van der Waals surface area contributed by atoms with Crippen molar-refractivity contribution in [3.8, 4) is 28.6 Å². The number of esters is 2. The SMILES string of the molecule is CC(C)c1cc(-c2nnc(C(=O)NCC(F)(F)F)n2-c2ccc(CN3CCC(CN4CCC(C(=O)OC(=O)CN)CC4)CC3)cc2)c(O)cc1O. The minimum Gasteiger partial charge on any atom is -0.508 e. The van der Waals surface area contributed by atoms with Crippen LogP contribution in [0.4, 0.5) is 13.2 Å². The molecule has 0 aliphatic carbocycles. The number of aromatic nitrogens is 3. The van der Waals surface area contributed by atoms with E-state index in [1.54, 1.807) is 12.1 Å². The summed E-state index contributed by atoms with van der Waals surface area (Å²) >= 11 is 0. The Morgan fingerprint density at radius 3 is 2.22 bits per heavy atom. The van der Waals surface area contributed by atoms with Gasteiger partial charge in [0.1, 0.15) is 18.0 Å². The number of hydrogen-bond donors (Lipinski definition) is 4. The molecule has 3 aromatic rings. The molecule has 16 heteroatoms. The normalized spacial score (nSPS) is 16.8. The number of phenolic OH excluding ortho intramolecular Hbond substituents is 2. The van der Waals surface area contributed by atoms with E-state index in [1.807, 2.05) is 31.3 Å². The third-order valence-electron chi connectivity index (χ3n) is 9.45. The van der Waals surface area contributed by atoms with Crippen molar-refractivity contribution in [3.63, 3.8) is 0 Å². The molecule has 2 aromatic carbocycles. The van der Waals surface area contributed by atoms with Gasteiger partial charge in [-0.05, 0) is 93.0 Å². The van der Waals surface area contributed by atoms with E-state index in [1.165, 1.54) is 10.6 Å². The molecule has 0 saturated carbocycles. The van der Waals surface area contributed by atoms with Crippen LogP contribution in [0.2, 0.25) is 0 Å². The highest BCUT2D eigenvalue weighted by atomic mass is 19.4. The number of likely N-dealkylation sites (tertiary alicyclic amines) is 2. The number of hydrogen-bond acceptors (Lipinski definition) is 11. The minimum absolute atomic E-state index is 0.0206. The van der Waals surface area contributed by atoms with Gasteiger partial charge in [0.2, 0.25) is 5.82 Å². The summed E-state index contributed by atoms with van der Waals surface area (Å²) in [7, 11) is 0. The summed E-state index contributed by atoms with van der Waals surface area (Å²) in [6, 6.07) is 9.87. The largest absolute Gasteiger partial charge is 0.508 e. The first kappa shape index (κ1) is 37.7. The quantitative estimate of drug-likeness (QED) is 0.168. The average Bonchev–Trinajstić information content (AvgIpc) is 3.53. The van der Waals surface area contributed by atoms with Crippen molar-refractivity contribution in [1.82, 2.24) is 29.9 Å².